The third kappa shape index (κ3) is 16.2. The van der Waals surface area contributed by atoms with Crippen LogP contribution in [-0.4, -0.2) is 75.6 Å². The maximum absolute atomic E-state index is 13.9. The molecule has 2 atom stereocenters. The zero-order chi connectivity index (χ0) is 38.5. The molecular weight excluding hydrogens is 709 g/mol. The number of aliphatic hydroxyl groups is 1. The summed E-state index contributed by atoms with van der Waals surface area (Å²) in [4.78, 5) is 28.4. The molecular formula is C40H66N6O5S2. The van der Waals surface area contributed by atoms with E-state index in [-0.39, 0.29) is 18.8 Å². The molecule has 298 valence electrons. The Balaban J connectivity index is 1.60. The molecule has 0 saturated heterocycles. The highest BCUT2D eigenvalue weighted by molar-refractivity contribution is 7.99. The molecule has 13 heteroatoms. The Labute approximate surface area is 322 Å². The number of amides is 2. The minimum atomic E-state index is -3.40. The Hall–Kier alpha value is -2.90. The van der Waals surface area contributed by atoms with Crippen molar-refractivity contribution >= 4 is 39.1 Å². The lowest BCUT2D eigenvalue weighted by atomic mass is 10.0. The van der Waals surface area contributed by atoms with E-state index < -0.39 is 33.7 Å². The maximum atomic E-state index is 13.9. The molecule has 2 amide bonds. The van der Waals surface area contributed by atoms with Gasteiger partial charge in [-0.1, -0.05) is 122 Å². The first-order valence-electron chi connectivity index (χ1n) is 20.1. The van der Waals surface area contributed by atoms with Crippen LogP contribution >= 0.6 is 11.8 Å². The normalized spacial score (nSPS) is 13.0. The second-order valence-corrected chi connectivity index (χ2v) is 17.9. The van der Waals surface area contributed by atoms with Gasteiger partial charge in [-0.15, -0.1) is 22.0 Å². The first kappa shape index (κ1) is 44.5. The Morgan fingerprint density at radius 1 is 0.868 bits per heavy atom. The summed E-state index contributed by atoms with van der Waals surface area (Å²) in [5.74, 6) is -0.0959. The van der Waals surface area contributed by atoms with Crippen molar-refractivity contribution in [3.63, 3.8) is 0 Å². The summed E-state index contributed by atoms with van der Waals surface area (Å²) in [6.45, 7) is 6.32. The molecule has 0 radical (unpaired) electrons. The fraction of sp³-hybridized carbons (Fsp3) is 0.700. The van der Waals surface area contributed by atoms with Crippen molar-refractivity contribution in [2.45, 2.75) is 160 Å². The van der Waals surface area contributed by atoms with Crippen LogP contribution in [-0.2, 0) is 21.1 Å². The minimum absolute atomic E-state index is 0.0303. The molecule has 2 aromatic heterocycles. The van der Waals surface area contributed by atoms with Crippen LogP contribution in [0.5, 0.6) is 0 Å². The summed E-state index contributed by atoms with van der Waals surface area (Å²) in [6.07, 6.45) is 22.2. The molecule has 2 heterocycles. The molecule has 0 aliphatic carbocycles. The number of nitrogens with zero attached hydrogens (tertiary/aromatic N) is 3. The number of H-pyrrole nitrogens is 1. The standard InChI is InChI=1S/C40H66N6O5S2/c1-5-7-9-10-11-12-13-14-15-16-17-18-20-22-32-23-21-24-33(30-32)39(48)42-35(26-29-53(4,50)51)40(49)41-34(25-19-8-6-2)37-43-44-38-36(52-28-27-47)31(3)45-46(37)38/h21,23-24,30,34-35,45,47H,5-20,22,25-29H2,1-4H3,(H,41,49)(H,42,48). The number of hydrogen-bond donors (Lipinski definition) is 4. The maximum Gasteiger partial charge on any atom is 0.251 e. The second kappa shape index (κ2) is 24.5. The van der Waals surface area contributed by atoms with Crippen molar-refractivity contribution < 1.29 is 23.1 Å². The van der Waals surface area contributed by atoms with E-state index in [0.717, 1.165) is 60.9 Å². The molecule has 2 unspecified atom stereocenters. The lowest BCUT2D eigenvalue weighted by Crippen LogP contribution is -2.48. The van der Waals surface area contributed by atoms with E-state index in [1.165, 1.54) is 82.4 Å². The van der Waals surface area contributed by atoms with Gasteiger partial charge in [-0.2, -0.15) is 0 Å². The van der Waals surface area contributed by atoms with Crippen molar-refractivity contribution in [3.8, 4) is 0 Å². The van der Waals surface area contributed by atoms with Gasteiger partial charge in [0.2, 0.25) is 5.91 Å². The van der Waals surface area contributed by atoms with Crippen molar-refractivity contribution in [2.75, 3.05) is 24.4 Å². The molecule has 0 spiro atoms. The number of aromatic nitrogens is 4. The Kier molecular flexibility index (Phi) is 20.6. The summed E-state index contributed by atoms with van der Waals surface area (Å²) in [5, 5.41) is 27.4. The summed E-state index contributed by atoms with van der Waals surface area (Å²) >= 11 is 1.48. The van der Waals surface area contributed by atoms with Crippen LogP contribution in [0.15, 0.2) is 29.2 Å². The van der Waals surface area contributed by atoms with Gasteiger partial charge >= 0.3 is 0 Å². The van der Waals surface area contributed by atoms with E-state index in [4.69, 9.17) is 0 Å². The van der Waals surface area contributed by atoms with Gasteiger partial charge in [-0.25, -0.2) is 12.9 Å². The number of benzene rings is 1. The van der Waals surface area contributed by atoms with Crippen LogP contribution in [0, 0.1) is 6.92 Å². The van der Waals surface area contributed by atoms with E-state index in [0.29, 0.717) is 29.2 Å². The topological polar surface area (TPSA) is 159 Å². The lowest BCUT2D eigenvalue weighted by Gasteiger charge is -2.23. The van der Waals surface area contributed by atoms with Gasteiger partial charge in [0.15, 0.2) is 11.5 Å². The van der Waals surface area contributed by atoms with Crippen molar-refractivity contribution in [3.05, 3.63) is 46.9 Å². The summed E-state index contributed by atoms with van der Waals surface area (Å²) in [5.41, 5.74) is 3.01. The third-order valence-electron chi connectivity index (χ3n) is 9.73. The fourth-order valence-electron chi connectivity index (χ4n) is 6.68. The van der Waals surface area contributed by atoms with Gasteiger partial charge in [0.25, 0.3) is 5.91 Å². The predicted octanol–water partition coefficient (Wildman–Crippen LogP) is 8.05. The molecule has 3 aromatic rings. The number of aliphatic hydroxyl groups excluding tert-OH is 1. The molecule has 0 aliphatic rings. The van der Waals surface area contributed by atoms with Gasteiger partial charge in [0.05, 0.1) is 23.3 Å². The Morgan fingerprint density at radius 3 is 2.11 bits per heavy atom. The molecule has 53 heavy (non-hydrogen) atoms. The number of carbonyl (C=O) groups excluding carboxylic acids is 2. The number of sulfone groups is 1. The highest BCUT2D eigenvalue weighted by atomic mass is 32.2. The zero-order valence-electron chi connectivity index (χ0n) is 32.8. The number of fused-ring (bicyclic) bond motifs is 1. The van der Waals surface area contributed by atoms with Gasteiger partial charge in [0, 0.05) is 23.3 Å². The predicted molar refractivity (Wildman–Crippen MR) is 216 cm³/mol. The smallest absolute Gasteiger partial charge is 0.251 e. The highest BCUT2D eigenvalue weighted by Crippen LogP contribution is 2.29. The molecule has 1 aromatic carbocycles. The van der Waals surface area contributed by atoms with E-state index in [1.54, 1.807) is 10.6 Å². The van der Waals surface area contributed by atoms with E-state index >= 15 is 0 Å². The molecule has 0 bridgehead atoms. The molecule has 11 nitrogen and oxygen atoms in total. The van der Waals surface area contributed by atoms with Gasteiger partial charge in [-0.3, -0.25) is 14.7 Å². The number of aromatic amines is 1. The van der Waals surface area contributed by atoms with Crippen LogP contribution < -0.4 is 10.6 Å². The average Bonchev–Trinajstić information content (AvgIpc) is 3.68. The van der Waals surface area contributed by atoms with Crippen LogP contribution in [0.1, 0.15) is 163 Å². The highest BCUT2D eigenvalue weighted by Gasteiger charge is 2.29. The fourth-order valence-corrected chi connectivity index (χ4v) is 8.16. The number of rotatable bonds is 29. The van der Waals surface area contributed by atoms with Crippen molar-refractivity contribution in [1.29, 1.82) is 0 Å². The molecule has 4 N–H and O–H groups in total. The van der Waals surface area contributed by atoms with Crippen LogP contribution in [0.2, 0.25) is 0 Å². The van der Waals surface area contributed by atoms with Gasteiger partial charge < -0.3 is 15.7 Å². The second-order valence-electron chi connectivity index (χ2n) is 14.5. The first-order chi connectivity index (χ1) is 25.6. The number of carbonyl (C=O) groups is 2. The summed E-state index contributed by atoms with van der Waals surface area (Å²) in [6, 6.07) is 5.90. The SMILES string of the molecule is CCCCCCCCCCCCCCCc1cccc(C(=O)NC(CCS(C)(=O)=O)C(=O)NC(CCCCC)c2nnc3c(SCCO)c(C)[nH]n23)c1. The summed E-state index contributed by atoms with van der Waals surface area (Å²) in [7, 11) is -3.40. The molecule has 0 saturated carbocycles. The van der Waals surface area contributed by atoms with Crippen molar-refractivity contribution in [2.24, 2.45) is 0 Å². The Morgan fingerprint density at radius 2 is 1.49 bits per heavy atom. The molecule has 0 aliphatic heterocycles. The van der Waals surface area contributed by atoms with Crippen LogP contribution in [0.4, 0.5) is 0 Å². The largest absolute Gasteiger partial charge is 0.396 e. The van der Waals surface area contributed by atoms with Gasteiger partial charge in [-0.05, 0) is 50.3 Å². The number of aryl methyl sites for hydroxylation is 2. The van der Waals surface area contributed by atoms with Gasteiger partial charge in [0.1, 0.15) is 15.9 Å². The average molecular weight is 775 g/mol. The van der Waals surface area contributed by atoms with Crippen LogP contribution in [0.3, 0.4) is 0 Å². The number of thioether (sulfide) groups is 1. The molecule has 3 rings (SSSR count). The lowest BCUT2D eigenvalue weighted by molar-refractivity contribution is -0.123. The number of hydrogen-bond acceptors (Lipinski definition) is 8. The Bertz CT molecular complexity index is 1620. The third-order valence-corrected chi connectivity index (χ3v) is 11.9. The zero-order valence-corrected chi connectivity index (χ0v) is 34.4. The first-order valence-corrected chi connectivity index (χ1v) is 23.2. The van der Waals surface area contributed by atoms with E-state index in [9.17, 15) is 23.1 Å². The molecule has 0 fully saturated rings. The number of unbranched alkanes of at least 4 members (excludes halogenated alkanes) is 14. The monoisotopic (exact) mass is 774 g/mol. The van der Waals surface area contributed by atoms with E-state index in [2.05, 4.69) is 39.8 Å². The summed E-state index contributed by atoms with van der Waals surface area (Å²) < 4.78 is 26.1. The minimum Gasteiger partial charge on any atom is -0.396 e. The number of nitrogens with one attached hydrogen (secondary N) is 3. The quantitative estimate of drug-likeness (QED) is 0.0408. The van der Waals surface area contributed by atoms with Crippen molar-refractivity contribution in [1.82, 2.24) is 30.4 Å². The van der Waals surface area contributed by atoms with E-state index in [1.807, 2.05) is 25.1 Å². The van der Waals surface area contributed by atoms with Crippen LogP contribution in [0.25, 0.3) is 5.65 Å².